The number of nitrogens with one attached hydrogen (secondary N) is 2. The molecule has 0 bridgehead atoms. The van der Waals surface area contributed by atoms with Gasteiger partial charge in [0.1, 0.15) is 6.10 Å². The molecule has 1 aromatic heterocycles. The van der Waals surface area contributed by atoms with Gasteiger partial charge in [0.15, 0.2) is 0 Å². The fourth-order valence-corrected chi connectivity index (χ4v) is 2.00. The van der Waals surface area contributed by atoms with Gasteiger partial charge in [-0.3, -0.25) is 4.79 Å². The molecule has 0 aliphatic carbocycles. The summed E-state index contributed by atoms with van der Waals surface area (Å²) >= 11 is 1.51. The number of carbonyl (C=O) groups excluding carboxylic acids is 1. The SMILES string of the molecule is CCNC(=O)C(C)NCC(O)c1cccs1. The van der Waals surface area contributed by atoms with E-state index in [1.54, 1.807) is 6.92 Å². The molecule has 1 aromatic rings. The highest BCUT2D eigenvalue weighted by atomic mass is 32.1. The Morgan fingerprint density at radius 2 is 2.38 bits per heavy atom. The van der Waals surface area contributed by atoms with Crippen molar-refractivity contribution in [1.29, 1.82) is 0 Å². The van der Waals surface area contributed by atoms with Gasteiger partial charge in [-0.15, -0.1) is 11.3 Å². The minimum absolute atomic E-state index is 0.0409. The first-order valence-electron chi connectivity index (χ1n) is 5.37. The quantitative estimate of drug-likeness (QED) is 0.694. The van der Waals surface area contributed by atoms with Crippen molar-refractivity contribution in [2.24, 2.45) is 0 Å². The average molecular weight is 242 g/mol. The van der Waals surface area contributed by atoms with Crippen LogP contribution in [0.25, 0.3) is 0 Å². The molecule has 3 N–H and O–H groups in total. The number of aliphatic hydroxyl groups excluding tert-OH is 1. The van der Waals surface area contributed by atoms with E-state index in [-0.39, 0.29) is 11.9 Å². The third kappa shape index (κ3) is 3.92. The number of thiophene rings is 1. The Morgan fingerprint density at radius 3 is 2.94 bits per heavy atom. The third-order valence-corrected chi connectivity index (χ3v) is 3.21. The fraction of sp³-hybridized carbons (Fsp3) is 0.545. The van der Waals surface area contributed by atoms with Crippen LogP contribution in [0, 0.1) is 0 Å². The predicted octanol–water partition coefficient (Wildman–Crippen LogP) is 0.896. The lowest BCUT2D eigenvalue weighted by Crippen LogP contribution is -2.43. The molecule has 90 valence electrons. The summed E-state index contributed by atoms with van der Waals surface area (Å²) in [5.41, 5.74) is 0. The molecule has 16 heavy (non-hydrogen) atoms. The van der Waals surface area contributed by atoms with Crippen molar-refractivity contribution in [1.82, 2.24) is 10.6 Å². The lowest BCUT2D eigenvalue weighted by atomic mass is 10.2. The van der Waals surface area contributed by atoms with E-state index in [1.807, 2.05) is 24.4 Å². The van der Waals surface area contributed by atoms with Crippen molar-refractivity contribution in [2.75, 3.05) is 13.1 Å². The van der Waals surface area contributed by atoms with Crippen molar-refractivity contribution in [3.8, 4) is 0 Å². The Hall–Kier alpha value is -0.910. The topological polar surface area (TPSA) is 61.4 Å². The van der Waals surface area contributed by atoms with E-state index in [0.717, 1.165) is 4.88 Å². The van der Waals surface area contributed by atoms with Crippen LogP contribution in [0.4, 0.5) is 0 Å². The van der Waals surface area contributed by atoms with Crippen molar-refractivity contribution < 1.29 is 9.90 Å². The number of carbonyl (C=O) groups is 1. The molecule has 2 unspecified atom stereocenters. The summed E-state index contributed by atoms with van der Waals surface area (Å²) < 4.78 is 0. The van der Waals surface area contributed by atoms with E-state index in [0.29, 0.717) is 13.1 Å². The van der Waals surface area contributed by atoms with Crippen LogP contribution < -0.4 is 10.6 Å². The molecule has 1 amide bonds. The van der Waals surface area contributed by atoms with Gasteiger partial charge in [-0.2, -0.15) is 0 Å². The van der Waals surface area contributed by atoms with Gasteiger partial charge >= 0.3 is 0 Å². The maximum absolute atomic E-state index is 11.4. The Bertz CT molecular complexity index is 314. The summed E-state index contributed by atoms with van der Waals surface area (Å²) in [4.78, 5) is 12.3. The maximum Gasteiger partial charge on any atom is 0.236 e. The third-order valence-electron chi connectivity index (χ3n) is 2.23. The minimum atomic E-state index is -0.545. The highest BCUT2D eigenvalue weighted by Gasteiger charge is 2.14. The van der Waals surface area contributed by atoms with Crippen LogP contribution in [-0.4, -0.2) is 30.1 Å². The molecule has 2 atom stereocenters. The minimum Gasteiger partial charge on any atom is -0.386 e. The summed E-state index contributed by atoms with van der Waals surface area (Å²) in [6.45, 7) is 4.67. The molecule has 5 heteroatoms. The van der Waals surface area contributed by atoms with Crippen molar-refractivity contribution in [2.45, 2.75) is 26.0 Å². The molecule has 1 rings (SSSR count). The normalized spacial score (nSPS) is 14.4. The standard InChI is InChI=1S/C11H18N2O2S/c1-3-12-11(15)8(2)13-7-9(14)10-5-4-6-16-10/h4-6,8-9,13-14H,3,7H2,1-2H3,(H,12,15). The summed E-state index contributed by atoms with van der Waals surface area (Å²) in [7, 11) is 0. The molecule has 0 aliphatic heterocycles. The lowest BCUT2D eigenvalue weighted by Gasteiger charge is -2.15. The van der Waals surface area contributed by atoms with E-state index in [4.69, 9.17) is 0 Å². The zero-order valence-corrected chi connectivity index (χ0v) is 10.4. The largest absolute Gasteiger partial charge is 0.386 e. The monoisotopic (exact) mass is 242 g/mol. The van der Waals surface area contributed by atoms with E-state index in [1.165, 1.54) is 11.3 Å². The number of amides is 1. The molecule has 0 radical (unpaired) electrons. The van der Waals surface area contributed by atoms with Gasteiger partial charge in [-0.25, -0.2) is 0 Å². The number of likely N-dealkylation sites (N-methyl/N-ethyl adjacent to an activating group) is 1. The smallest absolute Gasteiger partial charge is 0.236 e. The lowest BCUT2D eigenvalue weighted by molar-refractivity contribution is -0.122. The second-order valence-electron chi connectivity index (χ2n) is 3.56. The van der Waals surface area contributed by atoms with Gasteiger partial charge in [0.25, 0.3) is 0 Å². The Balaban J connectivity index is 2.31. The summed E-state index contributed by atoms with van der Waals surface area (Å²) in [5, 5.41) is 17.4. The molecule has 0 spiro atoms. The van der Waals surface area contributed by atoms with E-state index < -0.39 is 6.10 Å². The number of hydrogen-bond acceptors (Lipinski definition) is 4. The van der Waals surface area contributed by atoms with E-state index in [9.17, 15) is 9.90 Å². The Kier molecular flexibility index (Phi) is 5.45. The number of hydrogen-bond donors (Lipinski definition) is 3. The first kappa shape index (κ1) is 13.2. The molecule has 0 saturated carbocycles. The van der Waals surface area contributed by atoms with E-state index >= 15 is 0 Å². The van der Waals surface area contributed by atoms with Crippen LogP contribution >= 0.6 is 11.3 Å². The summed E-state index contributed by atoms with van der Waals surface area (Å²) in [5.74, 6) is -0.0409. The molecule has 1 heterocycles. The van der Waals surface area contributed by atoms with Crippen LogP contribution in [0.2, 0.25) is 0 Å². The van der Waals surface area contributed by atoms with E-state index in [2.05, 4.69) is 10.6 Å². The second kappa shape index (κ2) is 6.62. The van der Waals surface area contributed by atoms with Crippen LogP contribution in [0.5, 0.6) is 0 Å². The van der Waals surface area contributed by atoms with Gasteiger partial charge in [0.05, 0.1) is 6.04 Å². The van der Waals surface area contributed by atoms with Gasteiger partial charge in [0, 0.05) is 18.0 Å². The van der Waals surface area contributed by atoms with Crippen LogP contribution in [0.1, 0.15) is 24.8 Å². The molecular weight excluding hydrogens is 224 g/mol. The molecule has 4 nitrogen and oxygen atoms in total. The Labute approximate surface area is 99.7 Å². The average Bonchev–Trinajstić information content (AvgIpc) is 2.79. The summed E-state index contributed by atoms with van der Waals surface area (Å²) in [6.07, 6.45) is -0.545. The zero-order chi connectivity index (χ0) is 12.0. The second-order valence-corrected chi connectivity index (χ2v) is 4.54. The molecular formula is C11H18N2O2S. The summed E-state index contributed by atoms with van der Waals surface area (Å²) in [6, 6.07) is 3.50. The first-order chi connectivity index (χ1) is 7.65. The first-order valence-corrected chi connectivity index (χ1v) is 6.25. The van der Waals surface area contributed by atoms with Crippen molar-refractivity contribution >= 4 is 17.2 Å². The Morgan fingerprint density at radius 1 is 1.62 bits per heavy atom. The van der Waals surface area contributed by atoms with Gasteiger partial charge < -0.3 is 15.7 Å². The fourth-order valence-electron chi connectivity index (χ4n) is 1.29. The molecule has 0 aliphatic rings. The van der Waals surface area contributed by atoms with Crippen LogP contribution in [0.3, 0.4) is 0 Å². The van der Waals surface area contributed by atoms with Crippen molar-refractivity contribution in [3.63, 3.8) is 0 Å². The highest BCUT2D eigenvalue weighted by Crippen LogP contribution is 2.17. The van der Waals surface area contributed by atoms with Gasteiger partial charge in [0.2, 0.25) is 5.91 Å². The van der Waals surface area contributed by atoms with Crippen LogP contribution in [-0.2, 0) is 4.79 Å². The highest BCUT2D eigenvalue weighted by molar-refractivity contribution is 7.10. The zero-order valence-electron chi connectivity index (χ0n) is 9.56. The molecule has 0 fully saturated rings. The van der Waals surface area contributed by atoms with Crippen LogP contribution in [0.15, 0.2) is 17.5 Å². The molecule has 0 saturated heterocycles. The molecule has 0 aromatic carbocycles. The number of rotatable bonds is 6. The van der Waals surface area contributed by atoms with Crippen molar-refractivity contribution in [3.05, 3.63) is 22.4 Å². The predicted molar refractivity (Wildman–Crippen MR) is 65.4 cm³/mol. The maximum atomic E-state index is 11.4. The number of aliphatic hydroxyl groups is 1. The van der Waals surface area contributed by atoms with Gasteiger partial charge in [-0.1, -0.05) is 6.07 Å². The van der Waals surface area contributed by atoms with Gasteiger partial charge in [-0.05, 0) is 25.3 Å².